The molecule has 0 aliphatic carbocycles. The van der Waals surface area contributed by atoms with E-state index in [1.54, 1.807) is 24.3 Å². The smallest absolute Gasteiger partial charge is 0.412 e. The van der Waals surface area contributed by atoms with Gasteiger partial charge in [0.25, 0.3) is 0 Å². The average molecular weight is 418 g/mol. The molecule has 2 aromatic carbocycles. The van der Waals surface area contributed by atoms with Gasteiger partial charge in [-0.15, -0.1) is 11.3 Å². The molecule has 0 radical (unpaired) electrons. The molecule has 0 unspecified atom stereocenters. The quantitative estimate of drug-likeness (QED) is 0.435. The summed E-state index contributed by atoms with van der Waals surface area (Å²) in [6.45, 7) is 0.0787. The Labute approximate surface area is 169 Å². The van der Waals surface area contributed by atoms with Crippen molar-refractivity contribution in [3.05, 3.63) is 75.8 Å². The van der Waals surface area contributed by atoms with Crippen LogP contribution in [0.4, 0.5) is 10.5 Å². The van der Waals surface area contributed by atoms with Gasteiger partial charge in [-0.3, -0.25) is 9.72 Å². The van der Waals surface area contributed by atoms with E-state index in [1.807, 2.05) is 40.2 Å². The van der Waals surface area contributed by atoms with Gasteiger partial charge in [0, 0.05) is 32.9 Å². The molecule has 27 heavy (non-hydrogen) atoms. The highest BCUT2D eigenvalue weighted by Crippen LogP contribution is 2.28. The minimum absolute atomic E-state index is 0.0787. The standard InChI is InChI=1S/C19H13Cl2N3O2S/c20-13-3-1-12(2-4-13)17-16(24-9-10-27-18(24)23-17)11-26-19(25)22-15-7-5-14(21)6-8-15/h1-10H,11H2,(H,22,25). The van der Waals surface area contributed by atoms with E-state index in [-0.39, 0.29) is 6.61 Å². The van der Waals surface area contributed by atoms with Crippen LogP contribution in [0.2, 0.25) is 10.0 Å². The van der Waals surface area contributed by atoms with E-state index in [0.29, 0.717) is 15.7 Å². The van der Waals surface area contributed by atoms with Gasteiger partial charge in [-0.25, -0.2) is 9.78 Å². The summed E-state index contributed by atoms with van der Waals surface area (Å²) in [5, 5.41) is 5.86. The first-order chi connectivity index (χ1) is 13.1. The molecule has 0 bridgehead atoms. The Morgan fingerprint density at radius 1 is 1.07 bits per heavy atom. The molecule has 0 aliphatic heterocycles. The van der Waals surface area contributed by atoms with Crippen molar-refractivity contribution in [3.8, 4) is 11.3 Å². The maximum absolute atomic E-state index is 12.1. The Balaban J connectivity index is 1.55. The number of fused-ring (bicyclic) bond motifs is 1. The highest BCUT2D eigenvalue weighted by Gasteiger charge is 2.17. The van der Waals surface area contributed by atoms with Crippen molar-refractivity contribution >= 4 is 51.3 Å². The van der Waals surface area contributed by atoms with Crippen LogP contribution in [0.25, 0.3) is 16.2 Å². The summed E-state index contributed by atoms with van der Waals surface area (Å²) in [7, 11) is 0. The first kappa shape index (κ1) is 17.9. The van der Waals surface area contributed by atoms with Gasteiger partial charge in [0.2, 0.25) is 0 Å². The van der Waals surface area contributed by atoms with E-state index in [1.165, 1.54) is 11.3 Å². The monoisotopic (exact) mass is 417 g/mol. The lowest BCUT2D eigenvalue weighted by Crippen LogP contribution is -2.14. The molecule has 4 aromatic rings. The molecule has 1 amide bonds. The fraction of sp³-hybridized carbons (Fsp3) is 0.0526. The Bertz CT molecular complexity index is 1090. The Morgan fingerprint density at radius 3 is 2.44 bits per heavy atom. The number of anilines is 1. The van der Waals surface area contributed by atoms with Crippen LogP contribution in [0.5, 0.6) is 0 Å². The van der Waals surface area contributed by atoms with Crippen molar-refractivity contribution in [1.29, 1.82) is 0 Å². The number of ether oxygens (including phenoxy) is 1. The van der Waals surface area contributed by atoms with E-state index in [9.17, 15) is 4.79 Å². The van der Waals surface area contributed by atoms with Crippen LogP contribution in [0.15, 0.2) is 60.1 Å². The van der Waals surface area contributed by atoms with Crippen LogP contribution < -0.4 is 5.32 Å². The predicted molar refractivity (Wildman–Crippen MR) is 109 cm³/mol. The Kier molecular flexibility index (Phi) is 5.03. The van der Waals surface area contributed by atoms with Crippen LogP contribution >= 0.6 is 34.5 Å². The summed E-state index contributed by atoms with van der Waals surface area (Å²) >= 11 is 13.3. The number of halogens is 2. The third-order valence-corrected chi connectivity index (χ3v) is 5.17. The van der Waals surface area contributed by atoms with Crippen molar-refractivity contribution in [3.63, 3.8) is 0 Å². The number of thiazole rings is 1. The van der Waals surface area contributed by atoms with Gasteiger partial charge < -0.3 is 4.74 Å². The number of nitrogens with one attached hydrogen (secondary N) is 1. The number of benzene rings is 2. The van der Waals surface area contributed by atoms with Crippen molar-refractivity contribution in [2.24, 2.45) is 0 Å². The predicted octanol–water partition coefficient (Wildman–Crippen LogP) is 6.12. The Hall–Kier alpha value is -2.54. The van der Waals surface area contributed by atoms with Gasteiger partial charge in [-0.2, -0.15) is 0 Å². The largest absolute Gasteiger partial charge is 0.443 e. The second kappa shape index (κ2) is 7.60. The topological polar surface area (TPSA) is 55.6 Å². The van der Waals surface area contributed by atoms with Crippen molar-refractivity contribution in [1.82, 2.24) is 9.38 Å². The van der Waals surface area contributed by atoms with E-state index in [2.05, 4.69) is 10.3 Å². The van der Waals surface area contributed by atoms with Crippen LogP contribution in [-0.4, -0.2) is 15.5 Å². The minimum atomic E-state index is -0.551. The number of amides is 1. The zero-order valence-corrected chi connectivity index (χ0v) is 16.2. The lowest BCUT2D eigenvalue weighted by molar-refractivity contribution is 0.153. The molecule has 0 aliphatic rings. The lowest BCUT2D eigenvalue weighted by atomic mass is 10.1. The summed E-state index contributed by atoms with van der Waals surface area (Å²) in [6.07, 6.45) is 1.35. The number of hydrogen-bond donors (Lipinski definition) is 1. The number of carbonyl (C=O) groups excluding carboxylic acids is 1. The SMILES string of the molecule is O=C(Nc1ccc(Cl)cc1)OCc1c(-c2ccc(Cl)cc2)nc2sccn12. The third-order valence-electron chi connectivity index (χ3n) is 3.91. The van der Waals surface area contributed by atoms with Crippen LogP contribution in [0, 0.1) is 0 Å². The van der Waals surface area contributed by atoms with Gasteiger partial charge in [-0.1, -0.05) is 35.3 Å². The van der Waals surface area contributed by atoms with E-state index < -0.39 is 6.09 Å². The van der Waals surface area contributed by atoms with E-state index in [4.69, 9.17) is 27.9 Å². The molecule has 5 nitrogen and oxygen atoms in total. The van der Waals surface area contributed by atoms with E-state index >= 15 is 0 Å². The minimum Gasteiger partial charge on any atom is -0.443 e. The lowest BCUT2D eigenvalue weighted by Gasteiger charge is -2.08. The Morgan fingerprint density at radius 2 is 1.74 bits per heavy atom. The zero-order valence-electron chi connectivity index (χ0n) is 13.9. The fourth-order valence-electron chi connectivity index (χ4n) is 2.63. The summed E-state index contributed by atoms with van der Waals surface area (Å²) in [4.78, 5) is 17.6. The normalized spacial score (nSPS) is 10.9. The maximum Gasteiger partial charge on any atom is 0.412 e. The molecule has 4 rings (SSSR count). The molecular weight excluding hydrogens is 405 g/mol. The van der Waals surface area contributed by atoms with Gasteiger partial charge in [0.1, 0.15) is 6.61 Å². The number of imidazole rings is 1. The van der Waals surface area contributed by atoms with Crippen molar-refractivity contribution in [2.45, 2.75) is 6.61 Å². The third kappa shape index (κ3) is 3.93. The van der Waals surface area contributed by atoms with Gasteiger partial charge in [0.05, 0.1) is 11.4 Å². The second-order valence-electron chi connectivity index (χ2n) is 5.68. The number of rotatable bonds is 4. The van der Waals surface area contributed by atoms with Crippen LogP contribution in [0.3, 0.4) is 0 Å². The molecular formula is C19H13Cl2N3O2S. The molecule has 0 fully saturated rings. The van der Waals surface area contributed by atoms with E-state index in [0.717, 1.165) is 21.9 Å². The molecule has 8 heteroatoms. The number of hydrogen-bond acceptors (Lipinski definition) is 4. The highest BCUT2D eigenvalue weighted by molar-refractivity contribution is 7.15. The molecule has 0 spiro atoms. The van der Waals surface area contributed by atoms with Gasteiger partial charge in [-0.05, 0) is 36.4 Å². The molecule has 0 saturated heterocycles. The molecule has 0 atom stereocenters. The summed E-state index contributed by atoms with van der Waals surface area (Å²) < 4.78 is 7.34. The molecule has 2 heterocycles. The van der Waals surface area contributed by atoms with Crippen LogP contribution in [0.1, 0.15) is 5.69 Å². The summed E-state index contributed by atoms with van der Waals surface area (Å²) in [6, 6.07) is 14.2. The summed E-state index contributed by atoms with van der Waals surface area (Å²) in [5.41, 5.74) is 3.07. The van der Waals surface area contributed by atoms with Crippen LogP contribution in [-0.2, 0) is 11.3 Å². The summed E-state index contributed by atoms with van der Waals surface area (Å²) in [5.74, 6) is 0. The van der Waals surface area contributed by atoms with Crippen molar-refractivity contribution < 1.29 is 9.53 Å². The number of nitrogens with zero attached hydrogens (tertiary/aromatic N) is 2. The fourth-order valence-corrected chi connectivity index (χ4v) is 3.62. The zero-order chi connectivity index (χ0) is 18.8. The number of carbonyl (C=O) groups is 1. The average Bonchev–Trinajstić information content (AvgIpc) is 3.24. The molecule has 1 N–H and O–H groups in total. The first-order valence-corrected chi connectivity index (χ1v) is 9.63. The number of aromatic nitrogens is 2. The molecule has 2 aromatic heterocycles. The second-order valence-corrected chi connectivity index (χ2v) is 7.42. The van der Waals surface area contributed by atoms with Crippen molar-refractivity contribution in [2.75, 3.05) is 5.32 Å². The molecule has 136 valence electrons. The van der Waals surface area contributed by atoms with Gasteiger partial charge >= 0.3 is 6.09 Å². The first-order valence-electron chi connectivity index (χ1n) is 8.00. The highest BCUT2D eigenvalue weighted by atomic mass is 35.5. The molecule has 0 saturated carbocycles. The maximum atomic E-state index is 12.1. The van der Waals surface area contributed by atoms with Gasteiger partial charge in [0.15, 0.2) is 4.96 Å².